The standard InChI is InChI=1S/C8H10N4O/c1-9-5-7-6-13-8(11-7)12-4-2-3-10-12/h2-4,6,9H,5H2,1H3. The molecule has 0 aliphatic carbocycles. The maximum Gasteiger partial charge on any atom is 0.322 e. The van der Waals surface area contributed by atoms with Crippen molar-refractivity contribution < 1.29 is 4.42 Å². The molecule has 0 atom stereocenters. The largest absolute Gasteiger partial charge is 0.430 e. The summed E-state index contributed by atoms with van der Waals surface area (Å²) in [6.07, 6.45) is 5.09. The number of hydrogen-bond acceptors (Lipinski definition) is 4. The van der Waals surface area contributed by atoms with Crippen molar-refractivity contribution in [3.05, 3.63) is 30.4 Å². The van der Waals surface area contributed by atoms with Crippen molar-refractivity contribution in [2.45, 2.75) is 6.54 Å². The van der Waals surface area contributed by atoms with Crippen LogP contribution in [-0.2, 0) is 6.54 Å². The van der Waals surface area contributed by atoms with Crippen molar-refractivity contribution in [1.82, 2.24) is 20.1 Å². The first kappa shape index (κ1) is 8.00. The van der Waals surface area contributed by atoms with Gasteiger partial charge in [0.25, 0.3) is 0 Å². The molecular weight excluding hydrogens is 168 g/mol. The van der Waals surface area contributed by atoms with Crippen LogP contribution in [0.1, 0.15) is 5.69 Å². The van der Waals surface area contributed by atoms with Crippen LogP contribution in [0, 0.1) is 0 Å². The topological polar surface area (TPSA) is 55.9 Å². The van der Waals surface area contributed by atoms with Crippen LogP contribution < -0.4 is 5.32 Å². The van der Waals surface area contributed by atoms with E-state index in [1.54, 1.807) is 23.3 Å². The Bertz CT molecular complexity index is 365. The maximum absolute atomic E-state index is 5.21. The highest BCUT2D eigenvalue weighted by molar-refractivity contribution is 5.08. The van der Waals surface area contributed by atoms with Gasteiger partial charge >= 0.3 is 6.01 Å². The van der Waals surface area contributed by atoms with Gasteiger partial charge in [-0.25, -0.2) is 0 Å². The zero-order valence-corrected chi connectivity index (χ0v) is 7.27. The molecule has 0 bridgehead atoms. The van der Waals surface area contributed by atoms with Gasteiger partial charge in [-0.2, -0.15) is 14.8 Å². The number of nitrogens with zero attached hydrogens (tertiary/aromatic N) is 3. The summed E-state index contributed by atoms with van der Waals surface area (Å²) in [4.78, 5) is 4.21. The van der Waals surface area contributed by atoms with E-state index < -0.39 is 0 Å². The van der Waals surface area contributed by atoms with Crippen LogP contribution in [0.2, 0.25) is 0 Å². The lowest BCUT2D eigenvalue weighted by molar-refractivity contribution is 0.509. The Morgan fingerprint density at radius 1 is 1.62 bits per heavy atom. The quantitative estimate of drug-likeness (QED) is 0.747. The second kappa shape index (κ2) is 3.40. The number of aromatic nitrogens is 3. The van der Waals surface area contributed by atoms with Crippen LogP contribution in [0.25, 0.3) is 6.01 Å². The number of nitrogens with one attached hydrogen (secondary N) is 1. The predicted molar refractivity (Wildman–Crippen MR) is 46.4 cm³/mol. The highest BCUT2D eigenvalue weighted by atomic mass is 16.4. The Hall–Kier alpha value is -1.62. The third-order valence-electron chi connectivity index (χ3n) is 1.60. The monoisotopic (exact) mass is 178 g/mol. The normalized spacial score (nSPS) is 10.5. The van der Waals surface area contributed by atoms with Crippen LogP contribution in [0.15, 0.2) is 29.1 Å². The van der Waals surface area contributed by atoms with Gasteiger partial charge in [0.15, 0.2) is 0 Å². The van der Waals surface area contributed by atoms with E-state index in [9.17, 15) is 0 Å². The molecule has 0 aliphatic rings. The fourth-order valence-corrected chi connectivity index (χ4v) is 1.05. The SMILES string of the molecule is CNCc1coc(-n2cccn2)n1. The Labute approximate surface area is 75.4 Å². The average molecular weight is 178 g/mol. The third-order valence-corrected chi connectivity index (χ3v) is 1.60. The van der Waals surface area contributed by atoms with Crippen LogP contribution in [0.4, 0.5) is 0 Å². The van der Waals surface area contributed by atoms with Gasteiger partial charge in [0, 0.05) is 18.9 Å². The van der Waals surface area contributed by atoms with Crippen LogP contribution in [-0.4, -0.2) is 21.8 Å². The summed E-state index contributed by atoms with van der Waals surface area (Å²) < 4.78 is 6.79. The summed E-state index contributed by atoms with van der Waals surface area (Å²) in [5.74, 6) is 0. The molecule has 2 aromatic rings. The van der Waals surface area contributed by atoms with Gasteiger partial charge in [-0.1, -0.05) is 0 Å². The molecule has 13 heavy (non-hydrogen) atoms. The van der Waals surface area contributed by atoms with Gasteiger partial charge in [-0.15, -0.1) is 0 Å². The zero-order chi connectivity index (χ0) is 9.10. The minimum Gasteiger partial charge on any atom is -0.430 e. The Kier molecular flexibility index (Phi) is 2.09. The van der Waals surface area contributed by atoms with E-state index in [0.29, 0.717) is 12.6 Å². The second-order valence-electron chi connectivity index (χ2n) is 2.60. The van der Waals surface area contributed by atoms with E-state index in [-0.39, 0.29) is 0 Å². The molecule has 0 unspecified atom stereocenters. The number of rotatable bonds is 3. The Balaban J connectivity index is 2.23. The summed E-state index contributed by atoms with van der Waals surface area (Å²) in [6.45, 7) is 0.699. The molecule has 0 saturated carbocycles. The highest BCUT2D eigenvalue weighted by Gasteiger charge is 2.04. The van der Waals surface area contributed by atoms with E-state index in [0.717, 1.165) is 5.69 Å². The summed E-state index contributed by atoms with van der Waals surface area (Å²) in [7, 11) is 1.86. The molecule has 2 heterocycles. The maximum atomic E-state index is 5.21. The summed E-state index contributed by atoms with van der Waals surface area (Å²) in [6, 6.07) is 2.32. The van der Waals surface area contributed by atoms with Crippen molar-refractivity contribution in [1.29, 1.82) is 0 Å². The average Bonchev–Trinajstić information content (AvgIpc) is 2.70. The molecule has 0 saturated heterocycles. The molecular formula is C8H10N4O. The fraction of sp³-hybridized carbons (Fsp3) is 0.250. The van der Waals surface area contributed by atoms with E-state index in [1.807, 2.05) is 13.1 Å². The molecule has 0 spiro atoms. The lowest BCUT2D eigenvalue weighted by Crippen LogP contribution is -2.05. The zero-order valence-electron chi connectivity index (χ0n) is 7.27. The van der Waals surface area contributed by atoms with Crippen molar-refractivity contribution in [2.24, 2.45) is 0 Å². The smallest absolute Gasteiger partial charge is 0.322 e. The molecule has 0 amide bonds. The molecule has 68 valence electrons. The first-order chi connectivity index (χ1) is 6.40. The molecule has 2 aromatic heterocycles. The summed E-state index contributed by atoms with van der Waals surface area (Å²) >= 11 is 0. The van der Waals surface area contributed by atoms with Crippen LogP contribution in [0.5, 0.6) is 0 Å². The van der Waals surface area contributed by atoms with E-state index in [2.05, 4.69) is 15.4 Å². The molecule has 0 aliphatic heterocycles. The third kappa shape index (κ3) is 1.59. The Morgan fingerprint density at radius 3 is 3.23 bits per heavy atom. The van der Waals surface area contributed by atoms with Crippen molar-refractivity contribution in [3.63, 3.8) is 0 Å². The minimum atomic E-state index is 0.496. The molecule has 0 radical (unpaired) electrons. The molecule has 2 rings (SSSR count). The van der Waals surface area contributed by atoms with Crippen molar-refractivity contribution in [2.75, 3.05) is 7.05 Å². The highest BCUT2D eigenvalue weighted by Crippen LogP contribution is 2.05. The van der Waals surface area contributed by atoms with E-state index >= 15 is 0 Å². The molecule has 5 heteroatoms. The van der Waals surface area contributed by atoms with Gasteiger partial charge in [0.2, 0.25) is 0 Å². The minimum absolute atomic E-state index is 0.496. The van der Waals surface area contributed by atoms with Gasteiger partial charge in [-0.05, 0) is 13.1 Å². The van der Waals surface area contributed by atoms with Gasteiger partial charge in [0.1, 0.15) is 6.26 Å². The van der Waals surface area contributed by atoms with E-state index in [1.165, 1.54) is 0 Å². The lowest BCUT2D eigenvalue weighted by atomic mass is 10.5. The Morgan fingerprint density at radius 2 is 2.54 bits per heavy atom. The first-order valence-electron chi connectivity index (χ1n) is 3.99. The number of oxazole rings is 1. The first-order valence-corrected chi connectivity index (χ1v) is 3.99. The van der Waals surface area contributed by atoms with Crippen LogP contribution >= 0.6 is 0 Å². The summed E-state index contributed by atoms with van der Waals surface area (Å²) in [5.41, 5.74) is 0.869. The van der Waals surface area contributed by atoms with Crippen molar-refractivity contribution >= 4 is 0 Å². The predicted octanol–water partition coefficient (Wildman–Crippen LogP) is 0.580. The molecule has 1 N–H and O–H groups in total. The summed E-state index contributed by atoms with van der Waals surface area (Å²) in [5, 5.41) is 6.99. The molecule has 0 fully saturated rings. The van der Waals surface area contributed by atoms with E-state index in [4.69, 9.17) is 4.42 Å². The second-order valence-corrected chi connectivity index (χ2v) is 2.60. The van der Waals surface area contributed by atoms with Crippen molar-refractivity contribution in [3.8, 4) is 6.01 Å². The number of hydrogen-bond donors (Lipinski definition) is 1. The fourth-order valence-electron chi connectivity index (χ4n) is 1.05. The van der Waals surface area contributed by atoms with Crippen LogP contribution in [0.3, 0.4) is 0 Å². The molecule has 0 aromatic carbocycles. The van der Waals surface area contributed by atoms with Gasteiger partial charge in [-0.3, -0.25) is 0 Å². The molecule has 5 nitrogen and oxygen atoms in total. The van der Waals surface area contributed by atoms with Gasteiger partial charge < -0.3 is 9.73 Å². The van der Waals surface area contributed by atoms with Gasteiger partial charge in [0.05, 0.1) is 5.69 Å². The lowest BCUT2D eigenvalue weighted by Gasteiger charge is -1.91.